The predicted octanol–water partition coefficient (Wildman–Crippen LogP) is 1.45. The van der Waals surface area contributed by atoms with Gasteiger partial charge in [0.25, 0.3) is 0 Å². The van der Waals surface area contributed by atoms with Gasteiger partial charge in [0.1, 0.15) is 0 Å². The van der Waals surface area contributed by atoms with E-state index < -0.39 is 0 Å². The summed E-state index contributed by atoms with van der Waals surface area (Å²) in [6.45, 7) is 4.35. The summed E-state index contributed by atoms with van der Waals surface area (Å²) in [6.07, 6.45) is 0.802. The van der Waals surface area contributed by atoms with Gasteiger partial charge in [-0.3, -0.25) is 4.90 Å². The Kier molecular flexibility index (Phi) is 4.41. The van der Waals surface area contributed by atoms with Crippen molar-refractivity contribution in [1.29, 1.82) is 5.26 Å². The Hall–Kier alpha value is -1.57. The highest BCUT2D eigenvalue weighted by Crippen LogP contribution is 2.24. The minimum absolute atomic E-state index is 0.227. The molecule has 1 aromatic carbocycles. The number of hydrogen-bond acceptors (Lipinski definition) is 4. The van der Waals surface area contributed by atoms with E-state index in [9.17, 15) is 0 Å². The molecule has 1 fully saturated rings. The number of aliphatic hydroxyl groups excluding tert-OH is 1. The number of benzene rings is 1. The molecule has 1 aliphatic heterocycles. The predicted molar refractivity (Wildman–Crippen MR) is 76.1 cm³/mol. The number of nitrogens with zero attached hydrogens (tertiary/aromatic N) is 3. The van der Waals surface area contributed by atoms with Gasteiger partial charge in [-0.1, -0.05) is 0 Å². The zero-order valence-corrected chi connectivity index (χ0v) is 11.6. The van der Waals surface area contributed by atoms with E-state index in [0.29, 0.717) is 17.6 Å². The van der Waals surface area contributed by atoms with Crippen LogP contribution in [0.25, 0.3) is 0 Å². The largest absolute Gasteiger partial charge is 0.396 e. The summed E-state index contributed by atoms with van der Waals surface area (Å²) < 4.78 is 0. The molecule has 0 saturated carbocycles. The molecule has 2 atom stereocenters. The Morgan fingerprint density at radius 3 is 2.58 bits per heavy atom. The first-order valence-corrected chi connectivity index (χ1v) is 6.73. The molecule has 0 bridgehead atoms. The normalized spacial score (nSPS) is 24.2. The molecular weight excluding hydrogens is 238 g/mol. The number of aliphatic hydroxyl groups is 1. The zero-order chi connectivity index (χ0) is 13.8. The van der Waals surface area contributed by atoms with Crippen molar-refractivity contribution in [2.75, 3.05) is 31.6 Å². The molecule has 2 rings (SSSR count). The molecule has 1 aliphatic rings. The van der Waals surface area contributed by atoms with Gasteiger partial charge in [0, 0.05) is 37.5 Å². The van der Waals surface area contributed by atoms with Crippen LogP contribution in [0.2, 0.25) is 0 Å². The van der Waals surface area contributed by atoms with Gasteiger partial charge < -0.3 is 10.0 Å². The van der Waals surface area contributed by atoms with Gasteiger partial charge in [0.2, 0.25) is 0 Å². The first-order chi connectivity index (χ1) is 9.15. The molecule has 0 radical (unpaired) electrons. The Morgan fingerprint density at radius 1 is 1.32 bits per heavy atom. The van der Waals surface area contributed by atoms with Crippen molar-refractivity contribution in [3.63, 3.8) is 0 Å². The lowest BCUT2D eigenvalue weighted by Gasteiger charge is -2.45. The van der Waals surface area contributed by atoms with E-state index in [4.69, 9.17) is 10.4 Å². The van der Waals surface area contributed by atoms with Crippen LogP contribution in [0.3, 0.4) is 0 Å². The Balaban J connectivity index is 2.15. The molecule has 1 N–H and O–H groups in total. The van der Waals surface area contributed by atoms with Crippen LogP contribution in [0.5, 0.6) is 0 Å². The summed E-state index contributed by atoms with van der Waals surface area (Å²) in [5, 5.41) is 18.0. The maximum atomic E-state index is 9.15. The van der Waals surface area contributed by atoms with E-state index in [1.54, 1.807) is 0 Å². The Morgan fingerprint density at radius 2 is 2.00 bits per heavy atom. The molecule has 0 spiro atoms. The van der Waals surface area contributed by atoms with E-state index in [1.807, 2.05) is 24.3 Å². The van der Waals surface area contributed by atoms with Crippen molar-refractivity contribution < 1.29 is 5.11 Å². The summed E-state index contributed by atoms with van der Waals surface area (Å²) >= 11 is 0. The number of anilines is 1. The molecule has 102 valence electrons. The molecule has 0 amide bonds. The summed E-state index contributed by atoms with van der Waals surface area (Å²) in [7, 11) is 2.12. The average molecular weight is 259 g/mol. The van der Waals surface area contributed by atoms with E-state index in [0.717, 1.165) is 25.2 Å². The van der Waals surface area contributed by atoms with Crippen LogP contribution < -0.4 is 4.90 Å². The minimum Gasteiger partial charge on any atom is -0.396 e. The zero-order valence-electron chi connectivity index (χ0n) is 11.6. The SMILES string of the molecule is CC1CN(C)C(CCO)CN1c1ccc(C#N)cc1. The quantitative estimate of drug-likeness (QED) is 0.892. The third kappa shape index (κ3) is 3.06. The van der Waals surface area contributed by atoms with Crippen LogP contribution in [-0.2, 0) is 0 Å². The maximum absolute atomic E-state index is 9.15. The highest BCUT2D eigenvalue weighted by Gasteiger charge is 2.28. The molecule has 2 unspecified atom stereocenters. The van der Waals surface area contributed by atoms with Crippen molar-refractivity contribution in [3.05, 3.63) is 29.8 Å². The number of hydrogen-bond donors (Lipinski definition) is 1. The summed E-state index contributed by atoms with van der Waals surface area (Å²) in [5.41, 5.74) is 1.85. The number of piperazine rings is 1. The van der Waals surface area contributed by atoms with E-state index in [-0.39, 0.29) is 6.61 Å². The Bertz CT molecular complexity index is 451. The van der Waals surface area contributed by atoms with Gasteiger partial charge in [-0.25, -0.2) is 0 Å². The van der Waals surface area contributed by atoms with Crippen LogP contribution in [0.1, 0.15) is 18.9 Å². The first kappa shape index (κ1) is 13.9. The second kappa shape index (κ2) is 6.05. The highest BCUT2D eigenvalue weighted by atomic mass is 16.3. The monoisotopic (exact) mass is 259 g/mol. The van der Waals surface area contributed by atoms with Gasteiger partial charge in [-0.15, -0.1) is 0 Å². The summed E-state index contributed by atoms with van der Waals surface area (Å²) in [5.74, 6) is 0. The van der Waals surface area contributed by atoms with Crippen LogP contribution >= 0.6 is 0 Å². The second-order valence-corrected chi connectivity index (χ2v) is 5.27. The van der Waals surface area contributed by atoms with Crippen molar-refractivity contribution in [2.24, 2.45) is 0 Å². The molecule has 19 heavy (non-hydrogen) atoms. The summed E-state index contributed by atoms with van der Waals surface area (Å²) in [6, 6.07) is 10.7. The molecule has 4 nitrogen and oxygen atoms in total. The number of nitriles is 1. The molecule has 4 heteroatoms. The first-order valence-electron chi connectivity index (χ1n) is 6.73. The fourth-order valence-corrected chi connectivity index (χ4v) is 2.76. The van der Waals surface area contributed by atoms with E-state index in [1.165, 1.54) is 0 Å². The van der Waals surface area contributed by atoms with E-state index in [2.05, 4.69) is 29.8 Å². The lowest BCUT2D eigenvalue weighted by molar-refractivity contribution is 0.154. The van der Waals surface area contributed by atoms with E-state index >= 15 is 0 Å². The van der Waals surface area contributed by atoms with Crippen LogP contribution in [0.4, 0.5) is 5.69 Å². The topological polar surface area (TPSA) is 50.5 Å². The average Bonchev–Trinajstić information content (AvgIpc) is 2.42. The Labute approximate surface area is 114 Å². The van der Waals surface area contributed by atoms with Crippen molar-refractivity contribution >= 4 is 5.69 Å². The molecule has 1 aromatic rings. The van der Waals surface area contributed by atoms with Gasteiger partial charge >= 0.3 is 0 Å². The van der Waals surface area contributed by atoms with Crippen LogP contribution in [0.15, 0.2) is 24.3 Å². The molecule has 0 aromatic heterocycles. The summed E-state index contributed by atoms with van der Waals surface area (Å²) in [4.78, 5) is 4.68. The molecule has 1 saturated heterocycles. The van der Waals surface area contributed by atoms with Crippen molar-refractivity contribution in [1.82, 2.24) is 4.90 Å². The maximum Gasteiger partial charge on any atom is 0.0991 e. The van der Waals surface area contributed by atoms with Crippen molar-refractivity contribution in [3.8, 4) is 6.07 Å². The highest BCUT2D eigenvalue weighted by molar-refractivity contribution is 5.51. The third-order valence-corrected chi connectivity index (χ3v) is 3.91. The van der Waals surface area contributed by atoms with Gasteiger partial charge in [-0.2, -0.15) is 5.26 Å². The fourth-order valence-electron chi connectivity index (χ4n) is 2.76. The second-order valence-electron chi connectivity index (χ2n) is 5.27. The van der Waals surface area contributed by atoms with Crippen molar-refractivity contribution in [2.45, 2.75) is 25.4 Å². The van der Waals surface area contributed by atoms with Gasteiger partial charge in [-0.05, 0) is 44.7 Å². The van der Waals surface area contributed by atoms with Crippen LogP contribution in [0, 0.1) is 11.3 Å². The lowest BCUT2D eigenvalue weighted by Crippen LogP contribution is -2.56. The lowest BCUT2D eigenvalue weighted by atomic mass is 10.0. The molecule has 0 aliphatic carbocycles. The smallest absolute Gasteiger partial charge is 0.0991 e. The van der Waals surface area contributed by atoms with Crippen LogP contribution in [-0.4, -0.2) is 48.8 Å². The number of likely N-dealkylation sites (N-methyl/N-ethyl adjacent to an activating group) is 1. The fraction of sp³-hybridized carbons (Fsp3) is 0.533. The standard InChI is InChI=1S/C15H21N3O/c1-12-10-17(2)15(7-8-19)11-18(12)14-5-3-13(9-16)4-6-14/h3-6,12,15,19H,7-8,10-11H2,1-2H3. The molecule has 1 heterocycles. The van der Waals surface area contributed by atoms with Gasteiger partial charge in [0.05, 0.1) is 11.6 Å². The third-order valence-electron chi connectivity index (χ3n) is 3.91. The number of rotatable bonds is 3. The van der Waals surface area contributed by atoms with Gasteiger partial charge in [0.15, 0.2) is 0 Å². The minimum atomic E-state index is 0.227. The molecular formula is C15H21N3O.